The third-order valence-corrected chi connectivity index (χ3v) is 7.22. The van der Waals surface area contributed by atoms with Crippen molar-refractivity contribution in [2.45, 2.75) is 86.0 Å². The molecule has 3 rings (SSSR count). The predicted octanol–water partition coefficient (Wildman–Crippen LogP) is 3.67. The molecule has 188 valence electrons. The van der Waals surface area contributed by atoms with E-state index in [0.717, 1.165) is 16.7 Å². The zero-order chi connectivity index (χ0) is 25.8. The maximum absolute atomic E-state index is 12.5. The molecule has 2 aliphatic heterocycles. The number of rotatable bonds is 3. The molecule has 8 nitrogen and oxygen atoms in total. The minimum absolute atomic E-state index is 0.278. The SMILES string of the molecule is Cc1c(B2OC(C)(C)C(C)(C)O2)c(C)c(N2CCN(C(=O)OC(C)(C)C)CC2)c(C)c1C(=O)O. The molecule has 1 aromatic rings. The van der Waals surface area contributed by atoms with Gasteiger partial charge in [0.05, 0.1) is 16.8 Å². The van der Waals surface area contributed by atoms with Crippen LogP contribution in [0.4, 0.5) is 10.5 Å². The fourth-order valence-electron chi connectivity index (χ4n) is 4.77. The highest BCUT2D eigenvalue weighted by Crippen LogP contribution is 2.39. The minimum atomic E-state index is -0.971. The first-order valence-corrected chi connectivity index (χ1v) is 11.9. The van der Waals surface area contributed by atoms with Gasteiger partial charge in [-0.1, -0.05) is 0 Å². The number of carboxylic acid groups (broad SMARTS) is 1. The molecule has 0 spiro atoms. The molecule has 1 amide bonds. The van der Waals surface area contributed by atoms with E-state index in [1.165, 1.54) is 0 Å². The maximum atomic E-state index is 12.5. The third kappa shape index (κ3) is 4.77. The van der Waals surface area contributed by atoms with Crippen molar-refractivity contribution < 1.29 is 28.7 Å². The van der Waals surface area contributed by atoms with Crippen LogP contribution in [0.25, 0.3) is 0 Å². The summed E-state index contributed by atoms with van der Waals surface area (Å²) in [5.41, 5.74) is 2.62. The van der Waals surface area contributed by atoms with Crippen molar-refractivity contribution in [3.63, 3.8) is 0 Å². The van der Waals surface area contributed by atoms with E-state index in [9.17, 15) is 14.7 Å². The highest BCUT2D eigenvalue weighted by atomic mass is 16.7. The van der Waals surface area contributed by atoms with E-state index < -0.39 is 29.9 Å². The average Bonchev–Trinajstić information content (AvgIpc) is 2.87. The van der Waals surface area contributed by atoms with Crippen LogP contribution in [-0.4, -0.2) is 72.2 Å². The molecule has 0 radical (unpaired) electrons. The van der Waals surface area contributed by atoms with E-state index in [2.05, 4.69) is 4.90 Å². The molecular weight excluding hydrogens is 435 g/mol. The predicted molar refractivity (Wildman–Crippen MR) is 133 cm³/mol. The topological polar surface area (TPSA) is 88.5 Å². The summed E-state index contributed by atoms with van der Waals surface area (Å²) < 4.78 is 18.2. The Labute approximate surface area is 203 Å². The molecule has 2 aliphatic rings. The minimum Gasteiger partial charge on any atom is -0.478 e. The van der Waals surface area contributed by atoms with Crippen molar-refractivity contribution in [3.05, 3.63) is 22.3 Å². The second-order valence-electron chi connectivity index (χ2n) is 11.4. The number of benzene rings is 1. The van der Waals surface area contributed by atoms with Crippen LogP contribution in [0.5, 0.6) is 0 Å². The molecule has 0 bridgehead atoms. The summed E-state index contributed by atoms with van der Waals surface area (Å²) in [5.74, 6) is -0.971. The monoisotopic (exact) mass is 474 g/mol. The Bertz CT molecular complexity index is 974. The fraction of sp³-hybridized carbons (Fsp3) is 0.680. The molecule has 0 unspecified atom stereocenters. The number of carboxylic acids is 1. The van der Waals surface area contributed by atoms with Crippen LogP contribution < -0.4 is 10.4 Å². The van der Waals surface area contributed by atoms with Crippen molar-refractivity contribution in [2.75, 3.05) is 31.1 Å². The van der Waals surface area contributed by atoms with Gasteiger partial charge in [-0.15, -0.1) is 0 Å². The zero-order valence-electron chi connectivity index (χ0n) is 22.3. The summed E-state index contributed by atoms with van der Waals surface area (Å²) in [6.07, 6.45) is -0.325. The van der Waals surface area contributed by atoms with Crippen molar-refractivity contribution in [2.24, 2.45) is 0 Å². The molecule has 1 N–H and O–H groups in total. The Kier molecular flexibility index (Phi) is 6.78. The highest BCUT2D eigenvalue weighted by molar-refractivity contribution is 6.63. The molecule has 34 heavy (non-hydrogen) atoms. The summed E-state index contributed by atoms with van der Waals surface area (Å²) in [6.45, 7) is 21.3. The number of carbonyl (C=O) groups is 2. The van der Waals surface area contributed by atoms with E-state index in [1.807, 2.05) is 69.2 Å². The molecule has 1 aromatic carbocycles. The molecule has 2 fully saturated rings. The summed E-state index contributed by atoms with van der Waals surface area (Å²) in [5, 5.41) is 10.1. The Balaban J connectivity index is 1.98. The van der Waals surface area contributed by atoms with Gasteiger partial charge in [-0.3, -0.25) is 0 Å². The van der Waals surface area contributed by atoms with E-state index in [-0.39, 0.29) is 11.7 Å². The summed E-state index contributed by atoms with van der Waals surface area (Å²) in [6, 6.07) is 0. The van der Waals surface area contributed by atoms with Crippen LogP contribution in [0, 0.1) is 20.8 Å². The van der Waals surface area contributed by atoms with Crippen LogP contribution >= 0.6 is 0 Å². The van der Waals surface area contributed by atoms with Crippen molar-refractivity contribution >= 4 is 30.3 Å². The Morgan fingerprint density at radius 1 is 0.912 bits per heavy atom. The van der Waals surface area contributed by atoms with Gasteiger partial charge in [0.1, 0.15) is 5.60 Å². The lowest BCUT2D eigenvalue weighted by Crippen LogP contribution is -2.51. The lowest BCUT2D eigenvalue weighted by molar-refractivity contribution is 0.00578. The summed E-state index contributed by atoms with van der Waals surface area (Å²) in [7, 11) is -0.662. The first kappa shape index (κ1) is 26.4. The number of piperazine rings is 1. The van der Waals surface area contributed by atoms with Crippen molar-refractivity contribution in [1.29, 1.82) is 0 Å². The van der Waals surface area contributed by atoms with Gasteiger partial charge >= 0.3 is 19.2 Å². The number of ether oxygens (including phenoxy) is 1. The van der Waals surface area contributed by atoms with E-state index in [4.69, 9.17) is 14.0 Å². The smallest absolute Gasteiger partial charge is 0.478 e. The van der Waals surface area contributed by atoms with Gasteiger partial charge in [0, 0.05) is 31.9 Å². The first-order chi connectivity index (χ1) is 15.5. The van der Waals surface area contributed by atoms with Crippen LogP contribution in [0.1, 0.15) is 75.5 Å². The molecule has 0 aliphatic carbocycles. The highest BCUT2D eigenvalue weighted by Gasteiger charge is 2.53. The molecule has 2 heterocycles. The van der Waals surface area contributed by atoms with Crippen LogP contribution in [0.15, 0.2) is 0 Å². The quantitative estimate of drug-likeness (QED) is 0.669. The molecule has 0 atom stereocenters. The lowest BCUT2D eigenvalue weighted by Gasteiger charge is -2.39. The number of hydrogen-bond acceptors (Lipinski definition) is 6. The summed E-state index contributed by atoms with van der Waals surface area (Å²) >= 11 is 0. The molecule has 9 heteroatoms. The van der Waals surface area contributed by atoms with Crippen molar-refractivity contribution in [3.8, 4) is 0 Å². The Morgan fingerprint density at radius 3 is 1.85 bits per heavy atom. The lowest BCUT2D eigenvalue weighted by atomic mass is 9.70. The molecule has 0 aromatic heterocycles. The van der Waals surface area contributed by atoms with E-state index in [1.54, 1.807) is 4.90 Å². The zero-order valence-corrected chi connectivity index (χ0v) is 22.3. The third-order valence-electron chi connectivity index (χ3n) is 7.22. The second kappa shape index (κ2) is 8.75. The van der Waals surface area contributed by atoms with Crippen LogP contribution in [0.3, 0.4) is 0 Å². The van der Waals surface area contributed by atoms with Crippen molar-refractivity contribution in [1.82, 2.24) is 4.90 Å². The number of amides is 1. The number of hydrogen-bond donors (Lipinski definition) is 1. The van der Waals surface area contributed by atoms with E-state index in [0.29, 0.717) is 37.3 Å². The molecule has 2 saturated heterocycles. The first-order valence-electron chi connectivity index (χ1n) is 11.9. The normalized spacial score (nSPS) is 20.0. The van der Waals surface area contributed by atoms with E-state index >= 15 is 0 Å². The average molecular weight is 474 g/mol. The number of carbonyl (C=O) groups excluding carboxylic acids is 1. The molecular formula is C25H39BN2O6. The maximum Gasteiger partial charge on any atom is 0.495 e. The summed E-state index contributed by atoms with van der Waals surface area (Å²) in [4.78, 5) is 28.7. The molecule has 0 saturated carbocycles. The number of anilines is 1. The fourth-order valence-corrected chi connectivity index (χ4v) is 4.77. The van der Waals surface area contributed by atoms with Gasteiger partial charge in [0.15, 0.2) is 0 Å². The van der Waals surface area contributed by atoms with Crippen LogP contribution in [-0.2, 0) is 14.0 Å². The van der Waals surface area contributed by atoms with Gasteiger partial charge in [-0.05, 0) is 91.4 Å². The van der Waals surface area contributed by atoms with Gasteiger partial charge in [0.25, 0.3) is 0 Å². The Morgan fingerprint density at radius 2 is 1.41 bits per heavy atom. The van der Waals surface area contributed by atoms with Gasteiger partial charge < -0.3 is 29.0 Å². The standard InChI is InChI=1S/C25H39BN2O6/c1-15-18(21(29)30)16(2)20(17(3)19(15)26-33-24(7,8)25(9,10)34-26)27-11-13-28(14-12-27)22(31)32-23(4,5)6/h11-14H2,1-10H3,(H,29,30). The van der Waals surface area contributed by atoms with Crippen LogP contribution in [0.2, 0.25) is 0 Å². The van der Waals surface area contributed by atoms with Gasteiger partial charge in [-0.2, -0.15) is 0 Å². The second-order valence-corrected chi connectivity index (χ2v) is 11.4. The largest absolute Gasteiger partial charge is 0.495 e. The number of nitrogens with zero attached hydrogens (tertiary/aromatic N) is 2. The van der Waals surface area contributed by atoms with Gasteiger partial charge in [0.2, 0.25) is 0 Å². The van der Waals surface area contributed by atoms with Gasteiger partial charge in [-0.25, -0.2) is 9.59 Å². The Hall–Kier alpha value is -2.26. The number of aromatic carboxylic acids is 1.